The molecule has 2 nitrogen and oxygen atoms in total. The Labute approximate surface area is 106 Å². The van der Waals surface area contributed by atoms with E-state index < -0.39 is 0 Å². The average Bonchev–Trinajstić information content (AvgIpc) is 2.68. The van der Waals surface area contributed by atoms with Crippen LogP contribution in [0.1, 0.15) is 32.1 Å². The van der Waals surface area contributed by atoms with E-state index in [0.717, 1.165) is 18.7 Å². The summed E-state index contributed by atoms with van der Waals surface area (Å²) in [4.78, 5) is 2.63. The zero-order valence-corrected chi connectivity index (χ0v) is 11.6. The highest BCUT2D eigenvalue weighted by Gasteiger charge is 2.52. The van der Waals surface area contributed by atoms with E-state index in [2.05, 4.69) is 34.5 Å². The number of nitrogens with zero attached hydrogens (tertiary/aromatic N) is 1. The second kappa shape index (κ2) is 3.84. The third-order valence-corrected chi connectivity index (χ3v) is 5.81. The monoisotopic (exact) mass is 321 g/mol. The quantitative estimate of drug-likeness (QED) is 0.543. The molecule has 3 aliphatic rings. The van der Waals surface area contributed by atoms with Crippen molar-refractivity contribution in [2.75, 3.05) is 18.1 Å². The summed E-state index contributed by atoms with van der Waals surface area (Å²) in [6.45, 7) is 1.01. The molecule has 3 fully saturated rings. The van der Waals surface area contributed by atoms with Gasteiger partial charge < -0.3 is 9.64 Å². The highest BCUT2D eigenvalue weighted by Crippen LogP contribution is 2.52. The van der Waals surface area contributed by atoms with Crippen molar-refractivity contribution >= 4 is 22.6 Å². The number of piperidine rings is 1. The minimum atomic E-state index is 0.551. The molecule has 2 bridgehead atoms. The van der Waals surface area contributed by atoms with E-state index in [9.17, 15) is 0 Å². The van der Waals surface area contributed by atoms with Gasteiger partial charge in [-0.3, -0.25) is 0 Å². The van der Waals surface area contributed by atoms with Gasteiger partial charge in [0.1, 0.15) is 0 Å². The molecule has 3 aliphatic heterocycles. The lowest BCUT2D eigenvalue weighted by Gasteiger charge is -2.45. The molecule has 3 rings (SSSR count). The molecule has 3 heteroatoms. The third-order valence-electron chi connectivity index (χ3n) is 5.01. The van der Waals surface area contributed by atoms with Gasteiger partial charge in [-0.25, -0.2) is 0 Å². The minimum absolute atomic E-state index is 0.551. The van der Waals surface area contributed by atoms with E-state index in [-0.39, 0.29) is 0 Å². The van der Waals surface area contributed by atoms with Crippen molar-refractivity contribution in [2.45, 2.75) is 50.3 Å². The van der Waals surface area contributed by atoms with E-state index >= 15 is 0 Å². The molecule has 0 aromatic rings. The van der Waals surface area contributed by atoms with Gasteiger partial charge in [-0.15, -0.1) is 0 Å². The van der Waals surface area contributed by atoms with Crippen LogP contribution in [0.25, 0.3) is 0 Å². The number of halogens is 1. The molecule has 86 valence electrons. The van der Waals surface area contributed by atoms with Crippen LogP contribution in [0, 0.1) is 5.41 Å². The summed E-state index contributed by atoms with van der Waals surface area (Å²) in [6.07, 6.45) is 7.52. The fourth-order valence-electron chi connectivity index (χ4n) is 4.02. The predicted octanol–water partition coefficient (Wildman–Crippen LogP) is 2.45. The first-order chi connectivity index (χ1) is 7.25. The Morgan fingerprint density at radius 2 is 2.00 bits per heavy atom. The van der Waals surface area contributed by atoms with Crippen LogP contribution in [0.2, 0.25) is 0 Å². The van der Waals surface area contributed by atoms with Crippen LogP contribution in [0.4, 0.5) is 0 Å². The Kier molecular flexibility index (Phi) is 2.76. The maximum absolute atomic E-state index is 5.93. The van der Waals surface area contributed by atoms with Gasteiger partial charge in [0.2, 0.25) is 0 Å². The summed E-state index contributed by atoms with van der Waals surface area (Å²) in [6, 6.07) is 1.71. The van der Waals surface area contributed by atoms with Gasteiger partial charge in [-0.1, -0.05) is 22.6 Å². The molecular weight excluding hydrogens is 301 g/mol. The maximum atomic E-state index is 5.93. The zero-order valence-electron chi connectivity index (χ0n) is 9.42. The van der Waals surface area contributed by atoms with E-state index in [1.165, 1.54) is 36.5 Å². The second-order valence-corrected chi connectivity index (χ2v) is 6.47. The highest BCUT2D eigenvalue weighted by molar-refractivity contribution is 14.1. The van der Waals surface area contributed by atoms with Crippen LogP contribution in [0.15, 0.2) is 0 Å². The number of ether oxygens (including phenoxy) is 1. The molecule has 0 aliphatic carbocycles. The van der Waals surface area contributed by atoms with Gasteiger partial charge >= 0.3 is 0 Å². The van der Waals surface area contributed by atoms with Crippen LogP contribution in [-0.4, -0.2) is 41.2 Å². The van der Waals surface area contributed by atoms with Gasteiger partial charge in [0.25, 0.3) is 0 Å². The smallest absolute Gasteiger partial charge is 0.0722 e. The van der Waals surface area contributed by atoms with Crippen molar-refractivity contribution < 1.29 is 4.74 Å². The standard InChI is InChI=1S/C12H20INO/c1-14-9-2-3-10(14)7-12(6-9)4-5-15-11(12)8-13/h9-11H,2-8H2,1H3. The van der Waals surface area contributed by atoms with Crippen LogP contribution in [0.5, 0.6) is 0 Å². The molecule has 3 atom stereocenters. The van der Waals surface area contributed by atoms with E-state index in [1.807, 2.05) is 0 Å². The molecule has 0 aromatic carbocycles. The van der Waals surface area contributed by atoms with Crippen molar-refractivity contribution in [3.63, 3.8) is 0 Å². The van der Waals surface area contributed by atoms with Crippen molar-refractivity contribution in [1.82, 2.24) is 4.90 Å². The number of rotatable bonds is 1. The SMILES string of the molecule is CN1C2CCC1CC1(CCOC1CI)C2. The molecule has 1 spiro atoms. The molecule has 3 heterocycles. The molecule has 15 heavy (non-hydrogen) atoms. The van der Waals surface area contributed by atoms with Crippen molar-refractivity contribution in [2.24, 2.45) is 5.41 Å². The molecule has 0 aromatic heterocycles. The lowest BCUT2D eigenvalue weighted by atomic mass is 9.70. The Morgan fingerprint density at radius 3 is 2.60 bits per heavy atom. The molecule has 0 saturated carbocycles. The molecule has 0 radical (unpaired) electrons. The van der Waals surface area contributed by atoms with Gasteiger partial charge in [0.15, 0.2) is 0 Å². The molecular formula is C12H20INO. The van der Waals surface area contributed by atoms with Crippen LogP contribution < -0.4 is 0 Å². The number of alkyl halides is 1. The first kappa shape index (κ1) is 10.8. The Hall–Kier alpha value is 0.650. The fourth-order valence-corrected chi connectivity index (χ4v) is 5.21. The summed E-state index contributed by atoms with van der Waals surface area (Å²) in [7, 11) is 2.32. The lowest BCUT2D eigenvalue weighted by Crippen LogP contribution is -2.49. The Morgan fingerprint density at radius 1 is 1.33 bits per heavy atom. The summed E-state index contributed by atoms with van der Waals surface area (Å²) >= 11 is 2.50. The highest BCUT2D eigenvalue weighted by atomic mass is 127. The van der Waals surface area contributed by atoms with Crippen molar-refractivity contribution in [3.05, 3.63) is 0 Å². The molecule has 0 N–H and O–H groups in total. The third kappa shape index (κ3) is 1.57. The minimum Gasteiger partial charge on any atom is -0.377 e. The molecule has 0 amide bonds. The van der Waals surface area contributed by atoms with Gasteiger partial charge in [0, 0.05) is 28.5 Å². The first-order valence-electron chi connectivity index (χ1n) is 6.15. The Balaban J connectivity index is 1.83. The summed E-state index contributed by atoms with van der Waals surface area (Å²) in [5.41, 5.74) is 0.555. The van der Waals surface area contributed by atoms with E-state index in [4.69, 9.17) is 4.74 Å². The first-order valence-corrected chi connectivity index (χ1v) is 7.67. The van der Waals surface area contributed by atoms with Crippen LogP contribution in [0.3, 0.4) is 0 Å². The topological polar surface area (TPSA) is 12.5 Å². The fraction of sp³-hybridized carbons (Fsp3) is 1.00. The van der Waals surface area contributed by atoms with Crippen molar-refractivity contribution in [1.29, 1.82) is 0 Å². The predicted molar refractivity (Wildman–Crippen MR) is 69.5 cm³/mol. The number of fused-ring (bicyclic) bond motifs is 2. The van der Waals surface area contributed by atoms with E-state index in [0.29, 0.717) is 11.5 Å². The van der Waals surface area contributed by atoms with Crippen LogP contribution >= 0.6 is 22.6 Å². The van der Waals surface area contributed by atoms with Gasteiger partial charge in [0.05, 0.1) is 6.10 Å². The summed E-state index contributed by atoms with van der Waals surface area (Å²) in [5.74, 6) is 0. The molecule has 3 unspecified atom stereocenters. The van der Waals surface area contributed by atoms with Crippen LogP contribution in [-0.2, 0) is 4.74 Å². The largest absolute Gasteiger partial charge is 0.377 e. The summed E-state index contributed by atoms with van der Waals surface area (Å²) < 4.78 is 7.11. The van der Waals surface area contributed by atoms with Crippen molar-refractivity contribution in [3.8, 4) is 0 Å². The second-order valence-electron chi connectivity index (χ2n) is 5.58. The number of hydrogen-bond acceptors (Lipinski definition) is 2. The number of hydrogen-bond donors (Lipinski definition) is 0. The van der Waals surface area contributed by atoms with Gasteiger partial charge in [-0.05, 0) is 39.2 Å². The average molecular weight is 321 g/mol. The maximum Gasteiger partial charge on any atom is 0.0722 e. The Bertz CT molecular complexity index is 244. The zero-order chi connectivity index (χ0) is 10.5. The normalized spacial score (nSPS) is 50.4. The van der Waals surface area contributed by atoms with E-state index in [1.54, 1.807) is 0 Å². The lowest BCUT2D eigenvalue weighted by molar-refractivity contribution is 0.00236. The van der Waals surface area contributed by atoms with Gasteiger partial charge in [-0.2, -0.15) is 0 Å². The molecule has 3 saturated heterocycles. The summed E-state index contributed by atoms with van der Waals surface area (Å²) in [5, 5.41) is 0.